The molecule has 0 aliphatic rings. The third-order valence-electron chi connectivity index (χ3n) is 2.94. The number of rotatable bonds is 3. The number of benzene rings is 1. The van der Waals surface area contributed by atoms with Gasteiger partial charge in [0, 0.05) is 18.9 Å². The molecule has 2 rings (SSSR count). The fraction of sp³-hybridized carbons (Fsp3) is 0.176. The first-order valence-electron chi connectivity index (χ1n) is 6.58. The van der Waals surface area contributed by atoms with E-state index in [1.54, 1.807) is 12.3 Å². The summed E-state index contributed by atoms with van der Waals surface area (Å²) in [6.07, 6.45) is 3.06. The van der Waals surface area contributed by atoms with Crippen molar-refractivity contribution in [3.8, 4) is 11.8 Å². The highest BCUT2D eigenvalue weighted by Crippen LogP contribution is 2.07. The van der Waals surface area contributed by atoms with Crippen molar-refractivity contribution in [1.29, 1.82) is 0 Å². The minimum Gasteiger partial charge on any atom is -0.384 e. The first-order valence-corrected chi connectivity index (χ1v) is 6.58. The monoisotopic (exact) mass is 280 g/mol. The summed E-state index contributed by atoms with van der Waals surface area (Å²) in [5, 5.41) is 11.6. The SMILES string of the molecule is Cc1ccc(CNC(=O)c2ccncc2C#CCO)cc1. The van der Waals surface area contributed by atoms with Crippen molar-refractivity contribution in [3.05, 3.63) is 65.0 Å². The zero-order valence-corrected chi connectivity index (χ0v) is 11.8. The van der Waals surface area contributed by atoms with Crippen LogP contribution < -0.4 is 5.32 Å². The van der Waals surface area contributed by atoms with Crippen LogP contribution in [-0.4, -0.2) is 22.6 Å². The highest BCUT2D eigenvalue weighted by atomic mass is 16.2. The quantitative estimate of drug-likeness (QED) is 0.841. The van der Waals surface area contributed by atoms with E-state index in [-0.39, 0.29) is 12.5 Å². The van der Waals surface area contributed by atoms with Gasteiger partial charge in [0.15, 0.2) is 0 Å². The Balaban J connectivity index is 2.08. The van der Waals surface area contributed by atoms with Crippen LogP contribution in [0.5, 0.6) is 0 Å². The standard InChI is InChI=1S/C17H16N2O2/c1-13-4-6-14(7-5-13)11-19-17(21)16-8-9-18-12-15(16)3-2-10-20/h4-9,12,20H,10-11H2,1H3,(H,19,21). The Bertz CT molecular complexity index is 682. The van der Waals surface area contributed by atoms with Crippen molar-refractivity contribution in [2.45, 2.75) is 13.5 Å². The summed E-state index contributed by atoms with van der Waals surface area (Å²) in [4.78, 5) is 16.1. The number of aryl methyl sites for hydroxylation is 1. The molecule has 0 aliphatic carbocycles. The fourth-order valence-electron chi connectivity index (χ4n) is 1.81. The third-order valence-corrected chi connectivity index (χ3v) is 2.94. The van der Waals surface area contributed by atoms with Gasteiger partial charge in [-0.1, -0.05) is 41.7 Å². The van der Waals surface area contributed by atoms with Crippen LogP contribution in [0.3, 0.4) is 0 Å². The lowest BCUT2D eigenvalue weighted by Crippen LogP contribution is -2.23. The van der Waals surface area contributed by atoms with Crippen LogP contribution >= 0.6 is 0 Å². The molecule has 1 amide bonds. The molecule has 1 aromatic carbocycles. The second-order valence-electron chi connectivity index (χ2n) is 4.55. The smallest absolute Gasteiger partial charge is 0.252 e. The summed E-state index contributed by atoms with van der Waals surface area (Å²) in [5.74, 6) is 5.04. The topological polar surface area (TPSA) is 62.2 Å². The van der Waals surface area contributed by atoms with Gasteiger partial charge in [0.25, 0.3) is 5.91 Å². The summed E-state index contributed by atoms with van der Waals surface area (Å²) in [5.41, 5.74) is 3.18. The van der Waals surface area contributed by atoms with Gasteiger partial charge in [-0.05, 0) is 18.6 Å². The summed E-state index contributed by atoms with van der Waals surface area (Å²) in [7, 11) is 0. The molecule has 0 saturated carbocycles. The number of nitrogens with one attached hydrogen (secondary N) is 1. The zero-order valence-electron chi connectivity index (χ0n) is 11.8. The summed E-state index contributed by atoms with van der Waals surface area (Å²) in [6, 6.07) is 9.59. The molecule has 0 unspecified atom stereocenters. The molecular weight excluding hydrogens is 264 g/mol. The third kappa shape index (κ3) is 4.16. The predicted octanol–water partition coefficient (Wildman–Crippen LogP) is 1.66. The minimum absolute atomic E-state index is 0.208. The summed E-state index contributed by atoms with van der Waals surface area (Å²) >= 11 is 0. The number of hydrogen-bond donors (Lipinski definition) is 2. The number of carbonyl (C=O) groups is 1. The number of aliphatic hydroxyl groups is 1. The molecule has 1 aromatic heterocycles. The van der Waals surface area contributed by atoms with Crippen molar-refractivity contribution in [3.63, 3.8) is 0 Å². The normalized spacial score (nSPS) is 9.62. The molecule has 0 bridgehead atoms. The number of hydrogen-bond acceptors (Lipinski definition) is 3. The molecule has 4 nitrogen and oxygen atoms in total. The van der Waals surface area contributed by atoms with Gasteiger partial charge < -0.3 is 10.4 Å². The van der Waals surface area contributed by atoms with E-state index in [0.29, 0.717) is 17.7 Å². The van der Waals surface area contributed by atoms with Crippen molar-refractivity contribution in [2.75, 3.05) is 6.61 Å². The Hall–Kier alpha value is -2.64. The Morgan fingerprint density at radius 3 is 2.76 bits per heavy atom. The van der Waals surface area contributed by atoms with Gasteiger partial charge in [-0.15, -0.1) is 0 Å². The van der Waals surface area contributed by atoms with E-state index in [1.165, 1.54) is 11.8 Å². The lowest BCUT2D eigenvalue weighted by Gasteiger charge is -2.07. The van der Waals surface area contributed by atoms with Crippen molar-refractivity contribution in [2.24, 2.45) is 0 Å². The molecule has 106 valence electrons. The average molecular weight is 280 g/mol. The number of amides is 1. The van der Waals surface area contributed by atoms with Crippen LogP contribution in [0.1, 0.15) is 27.0 Å². The minimum atomic E-state index is -0.251. The Morgan fingerprint density at radius 2 is 2.05 bits per heavy atom. The van der Waals surface area contributed by atoms with E-state index in [4.69, 9.17) is 5.11 Å². The predicted molar refractivity (Wildman–Crippen MR) is 80.6 cm³/mol. The molecule has 0 saturated heterocycles. The van der Waals surface area contributed by atoms with Gasteiger partial charge in [0.05, 0.1) is 11.1 Å². The summed E-state index contributed by atoms with van der Waals surface area (Å²) < 4.78 is 0. The van der Waals surface area contributed by atoms with Gasteiger partial charge in [0.1, 0.15) is 6.61 Å². The van der Waals surface area contributed by atoms with Crippen LogP contribution in [0.4, 0.5) is 0 Å². The maximum Gasteiger partial charge on any atom is 0.252 e. The van der Waals surface area contributed by atoms with Crippen LogP contribution in [0, 0.1) is 18.8 Å². The van der Waals surface area contributed by atoms with Gasteiger partial charge in [-0.2, -0.15) is 0 Å². The molecule has 0 aliphatic heterocycles. The van der Waals surface area contributed by atoms with E-state index < -0.39 is 0 Å². The van der Waals surface area contributed by atoms with Crippen LogP contribution in [0.15, 0.2) is 42.7 Å². The van der Waals surface area contributed by atoms with Crippen molar-refractivity contribution in [1.82, 2.24) is 10.3 Å². The van der Waals surface area contributed by atoms with Gasteiger partial charge in [0.2, 0.25) is 0 Å². The average Bonchev–Trinajstić information content (AvgIpc) is 2.52. The van der Waals surface area contributed by atoms with E-state index in [1.807, 2.05) is 31.2 Å². The van der Waals surface area contributed by atoms with Gasteiger partial charge in [-0.25, -0.2) is 0 Å². The molecule has 2 aromatic rings. The fourth-order valence-corrected chi connectivity index (χ4v) is 1.81. The summed E-state index contributed by atoms with van der Waals surface area (Å²) in [6.45, 7) is 2.22. The Kier molecular flexibility index (Phi) is 5.08. The lowest BCUT2D eigenvalue weighted by atomic mass is 10.1. The maximum atomic E-state index is 12.2. The molecule has 0 atom stereocenters. The molecule has 2 N–H and O–H groups in total. The van der Waals surface area contributed by atoms with E-state index in [0.717, 1.165) is 5.56 Å². The van der Waals surface area contributed by atoms with Gasteiger partial charge >= 0.3 is 0 Å². The second-order valence-corrected chi connectivity index (χ2v) is 4.55. The largest absolute Gasteiger partial charge is 0.384 e. The number of aromatic nitrogens is 1. The number of aliphatic hydroxyl groups excluding tert-OH is 1. The lowest BCUT2D eigenvalue weighted by molar-refractivity contribution is 0.0950. The second kappa shape index (κ2) is 7.22. The number of pyridine rings is 1. The first-order chi connectivity index (χ1) is 10.2. The van der Waals surface area contributed by atoms with Crippen LogP contribution in [0.25, 0.3) is 0 Å². The Labute approximate surface area is 123 Å². The molecule has 1 heterocycles. The maximum absolute atomic E-state index is 12.2. The van der Waals surface area contributed by atoms with Crippen LogP contribution in [-0.2, 0) is 6.54 Å². The molecular formula is C17H16N2O2. The molecule has 0 radical (unpaired) electrons. The highest BCUT2D eigenvalue weighted by molar-refractivity contribution is 5.96. The van der Waals surface area contributed by atoms with E-state index >= 15 is 0 Å². The van der Waals surface area contributed by atoms with Gasteiger partial charge in [-0.3, -0.25) is 9.78 Å². The highest BCUT2D eigenvalue weighted by Gasteiger charge is 2.09. The van der Waals surface area contributed by atoms with Crippen LogP contribution in [0.2, 0.25) is 0 Å². The van der Waals surface area contributed by atoms with Crippen molar-refractivity contribution < 1.29 is 9.90 Å². The first kappa shape index (κ1) is 14.8. The molecule has 0 spiro atoms. The molecule has 21 heavy (non-hydrogen) atoms. The number of carbonyl (C=O) groups excluding carboxylic acids is 1. The molecule has 0 fully saturated rings. The zero-order chi connectivity index (χ0) is 15.1. The molecule has 4 heteroatoms. The Morgan fingerprint density at radius 1 is 1.29 bits per heavy atom. The van der Waals surface area contributed by atoms with Crippen molar-refractivity contribution >= 4 is 5.91 Å². The van der Waals surface area contributed by atoms with E-state index in [2.05, 4.69) is 22.1 Å². The number of nitrogens with zero attached hydrogens (tertiary/aromatic N) is 1. The van der Waals surface area contributed by atoms with E-state index in [9.17, 15) is 4.79 Å².